The molecule has 0 radical (unpaired) electrons. The van der Waals surface area contributed by atoms with Crippen LogP contribution in [0.15, 0.2) is 79.0 Å². The summed E-state index contributed by atoms with van der Waals surface area (Å²) >= 11 is 0. The minimum Gasteiger partial charge on any atom is -0.493 e. The third-order valence-electron chi connectivity index (χ3n) is 4.33. The van der Waals surface area contributed by atoms with Gasteiger partial charge in [0.05, 0.1) is 12.6 Å². The second kappa shape index (κ2) is 7.88. The lowest BCUT2D eigenvalue weighted by molar-refractivity contribution is 0.285. The molecule has 3 aromatic carbocycles. The van der Waals surface area contributed by atoms with Crippen LogP contribution >= 0.6 is 0 Å². The van der Waals surface area contributed by atoms with Gasteiger partial charge in [-0.25, -0.2) is 0 Å². The third kappa shape index (κ3) is 3.83. The van der Waals surface area contributed by atoms with E-state index in [2.05, 4.69) is 4.98 Å². The van der Waals surface area contributed by atoms with Gasteiger partial charge < -0.3 is 19.9 Å². The number of anilines is 1. The molecule has 0 aliphatic carbocycles. The van der Waals surface area contributed by atoms with E-state index in [1.54, 1.807) is 25.4 Å². The Balaban J connectivity index is 1.65. The Morgan fingerprint density at radius 3 is 2.39 bits per heavy atom. The van der Waals surface area contributed by atoms with Gasteiger partial charge in [-0.2, -0.15) is 0 Å². The number of hydrogen-bond acceptors (Lipinski definition) is 5. The van der Waals surface area contributed by atoms with Crippen molar-refractivity contribution in [2.24, 2.45) is 0 Å². The number of nitrogen functional groups attached to an aromatic ring is 1. The number of ether oxygens (including phenoxy) is 3. The number of benzene rings is 3. The maximum Gasteiger partial charge on any atom is 0.163 e. The highest BCUT2D eigenvalue weighted by atomic mass is 16.5. The lowest BCUT2D eigenvalue weighted by Gasteiger charge is -2.14. The predicted octanol–water partition coefficient (Wildman–Crippen LogP) is 5.20. The van der Waals surface area contributed by atoms with E-state index in [1.165, 1.54) is 0 Å². The zero-order valence-corrected chi connectivity index (χ0v) is 15.5. The first-order valence-corrected chi connectivity index (χ1v) is 8.90. The Morgan fingerprint density at radius 1 is 0.857 bits per heavy atom. The third-order valence-corrected chi connectivity index (χ3v) is 4.33. The molecule has 0 saturated carbocycles. The molecule has 0 spiro atoms. The molecule has 0 atom stereocenters. The average molecular weight is 372 g/mol. The van der Waals surface area contributed by atoms with Crippen molar-refractivity contribution < 1.29 is 14.2 Å². The Hall–Kier alpha value is -3.73. The van der Waals surface area contributed by atoms with Gasteiger partial charge in [-0.05, 0) is 42.0 Å². The minimum atomic E-state index is 0.449. The summed E-state index contributed by atoms with van der Waals surface area (Å²) in [7, 11) is 1.62. The molecule has 4 aromatic rings. The minimum absolute atomic E-state index is 0.449. The van der Waals surface area contributed by atoms with Crippen molar-refractivity contribution in [3.8, 4) is 23.0 Å². The van der Waals surface area contributed by atoms with Gasteiger partial charge in [0.15, 0.2) is 11.5 Å². The largest absolute Gasteiger partial charge is 0.493 e. The summed E-state index contributed by atoms with van der Waals surface area (Å²) < 4.78 is 17.5. The van der Waals surface area contributed by atoms with Gasteiger partial charge >= 0.3 is 0 Å². The lowest BCUT2D eigenvalue weighted by atomic mass is 10.1. The molecule has 4 rings (SSSR count). The highest BCUT2D eigenvalue weighted by Gasteiger charge is 2.12. The molecule has 0 aliphatic heterocycles. The van der Waals surface area contributed by atoms with Crippen LogP contribution in [0.2, 0.25) is 0 Å². The van der Waals surface area contributed by atoms with E-state index in [1.807, 2.05) is 60.7 Å². The topological polar surface area (TPSA) is 66.6 Å². The van der Waals surface area contributed by atoms with Gasteiger partial charge in [0, 0.05) is 23.3 Å². The molecule has 1 heterocycles. The maximum atomic E-state index is 6.02. The molecule has 28 heavy (non-hydrogen) atoms. The first-order valence-electron chi connectivity index (χ1n) is 8.90. The molecule has 0 aliphatic rings. The van der Waals surface area contributed by atoms with Gasteiger partial charge in [-0.15, -0.1) is 0 Å². The van der Waals surface area contributed by atoms with Crippen LogP contribution in [0.3, 0.4) is 0 Å². The molecule has 5 heteroatoms. The number of rotatable bonds is 6. The smallest absolute Gasteiger partial charge is 0.163 e. The van der Waals surface area contributed by atoms with Crippen LogP contribution in [0, 0.1) is 0 Å². The number of pyridine rings is 1. The van der Waals surface area contributed by atoms with Crippen LogP contribution in [-0.2, 0) is 6.61 Å². The second-order valence-corrected chi connectivity index (χ2v) is 6.27. The number of nitrogens with zero attached hydrogens (tertiary/aromatic N) is 1. The summed E-state index contributed by atoms with van der Waals surface area (Å²) in [5.41, 5.74) is 8.27. The Kier molecular flexibility index (Phi) is 4.97. The lowest BCUT2D eigenvalue weighted by Crippen LogP contribution is -1.98. The number of fused-ring (bicyclic) bond motifs is 1. The molecular weight excluding hydrogens is 352 g/mol. The maximum absolute atomic E-state index is 6.02. The zero-order valence-electron chi connectivity index (χ0n) is 15.5. The van der Waals surface area contributed by atoms with E-state index in [0.29, 0.717) is 35.3 Å². The van der Waals surface area contributed by atoms with Crippen LogP contribution in [0.5, 0.6) is 23.0 Å². The van der Waals surface area contributed by atoms with Crippen molar-refractivity contribution in [3.63, 3.8) is 0 Å². The molecule has 2 N–H and O–H groups in total. The van der Waals surface area contributed by atoms with E-state index in [4.69, 9.17) is 19.9 Å². The van der Waals surface area contributed by atoms with Crippen molar-refractivity contribution in [1.29, 1.82) is 0 Å². The number of methoxy groups -OCH3 is 1. The number of nitrogens with two attached hydrogens (primary N) is 1. The average Bonchev–Trinajstić information content (AvgIpc) is 2.74. The summed E-state index contributed by atoms with van der Waals surface area (Å²) in [6.45, 7) is 0.449. The Labute approximate surface area is 163 Å². The SMILES string of the molecule is COc1cc2c(Oc3ccc(N)cc3)ccnc2cc1OCc1ccccc1. The summed E-state index contributed by atoms with van der Waals surface area (Å²) in [6, 6.07) is 22.8. The van der Waals surface area contributed by atoms with Gasteiger partial charge in [-0.1, -0.05) is 30.3 Å². The van der Waals surface area contributed by atoms with Gasteiger partial charge in [0.25, 0.3) is 0 Å². The van der Waals surface area contributed by atoms with Crippen molar-refractivity contribution in [1.82, 2.24) is 4.98 Å². The van der Waals surface area contributed by atoms with Crippen molar-refractivity contribution in [3.05, 3.63) is 84.6 Å². The van der Waals surface area contributed by atoms with Crippen LogP contribution < -0.4 is 19.9 Å². The quantitative estimate of drug-likeness (QED) is 0.471. The second-order valence-electron chi connectivity index (χ2n) is 6.27. The molecule has 0 fully saturated rings. The highest BCUT2D eigenvalue weighted by molar-refractivity contribution is 5.88. The first kappa shape index (κ1) is 17.7. The molecule has 0 bridgehead atoms. The fraction of sp³-hybridized carbons (Fsp3) is 0.0870. The van der Waals surface area contributed by atoms with Crippen molar-refractivity contribution in [2.75, 3.05) is 12.8 Å². The molecular formula is C23H20N2O3. The van der Waals surface area contributed by atoms with E-state index < -0.39 is 0 Å². The highest BCUT2D eigenvalue weighted by Crippen LogP contribution is 2.37. The van der Waals surface area contributed by atoms with Crippen LogP contribution in [0.25, 0.3) is 10.9 Å². The fourth-order valence-electron chi connectivity index (χ4n) is 2.89. The van der Waals surface area contributed by atoms with Crippen LogP contribution in [0.4, 0.5) is 5.69 Å². The normalized spacial score (nSPS) is 10.6. The van der Waals surface area contributed by atoms with Gasteiger partial charge in [0.1, 0.15) is 18.1 Å². The molecule has 0 saturated heterocycles. The van der Waals surface area contributed by atoms with Crippen LogP contribution in [0.1, 0.15) is 5.56 Å². The van der Waals surface area contributed by atoms with Gasteiger partial charge in [-0.3, -0.25) is 4.98 Å². The summed E-state index contributed by atoms with van der Waals surface area (Å²) in [5, 5.41) is 0.836. The summed E-state index contributed by atoms with van der Waals surface area (Å²) in [6.07, 6.45) is 1.71. The molecule has 140 valence electrons. The Bertz CT molecular complexity index is 1080. The van der Waals surface area contributed by atoms with E-state index >= 15 is 0 Å². The predicted molar refractivity (Wildman–Crippen MR) is 110 cm³/mol. The monoisotopic (exact) mass is 372 g/mol. The molecule has 0 amide bonds. The summed E-state index contributed by atoms with van der Waals surface area (Å²) in [4.78, 5) is 4.45. The number of hydrogen-bond donors (Lipinski definition) is 1. The fourth-order valence-corrected chi connectivity index (χ4v) is 2.89. The standard InChI is InChI=1S/C23H20N2O3/c1-26-22-13-19-20(14-23(22)27-15-16-5-3-2-4-6-16)25-12-11-21(19)28-18-9-7-17(24)8-10-18/h2-14H,15,24H2,1H3. The molecule has 1 aromatic heterocycles. The molecule has 5 nitrogen and oxygen atoms in total. The first-order chi connectivity index (χ1) is 13.7. The van der Waals surface area contributed by atoms with Crippen molar-refractivity contribution >= 4 is 16.6 Å². The van der Waals surface area contributed by atoms with Crippen molar-refractivity contribution in [2.45, 2.75) is 6.61 Å². The van der Waals surface area contributed by atoms with E-state index in [-0.39, 0.29) is 0 Å². The van der Waals surface area contributed by atoms with E-state index in [0.717, 1.165) is 16.5 Å². The summed E-state index contributed by atoms with van der Waals surface area (Å²) in [5.74, 6) is 2.64. The van der Waals surface area contributed by atoms with Gasteiger partial charge in [0.2, 0.25) is 0 Å². The molecule has 0 unspecified atom stereocenters. The van der Waals surface area contributed by atoms with E-state index in [9.17, 15) is 0 Å². The zero-order chi connectivity index (χ0) is 19.3. The number of aromatic nitrogens is 1. The van der Waals surface area contributed by atoms with Crippen LogP contribution in [-0.4, -0.2) is 12.1 Å². The Morgan fingerprint density at radius 2 is 1.64 bits per heavy atom.